The highest BCUT2D eigenvalue weighted by Crippen LogP contribution is 2.11. The number of carbonyl (C=O) groups is 3. The van der Waals surface area contributed by atoms with Gasteiger partial charge in [0.1, 0.15) is 12.3 Å². The van der Waals surface area contributed by atoms with Gasteiger partial charge in [-0.25, -0.2) is 0 Å². The number of thiophene rings is 1. The summed E-state index contributed by atoms with van der Waals surface area (Å²) in [4.78, 5) is 36.3. The summed E-state index contributed by atoms with van der Waals surface area (Å²) < 4.78 is 9.84. The van der Waals surface area contributed by atoms with E-state index < -0.39 is 11.9 Å². The summed E-state index contributed by atoms with van der Waals surface area (Å²) >= 11 is 1.62. The molecule has 0 fully saturated rings. The molecule has 2 aromatic rings. The maximum absolute atomic E-state index is 11.9. The molecular formula is C18H20N2O5S. The highest BCUT2D eigenvalue weighted by molar-refractivity contribution is 7.09. The SMILES string of the molecule is COc1ccc(C(=O)NCC(=O)OCC(=O)NCCc2cccs2)cc1. The van der Waals surface area contributed by atoms with Crippen molar-refractivity contribution in [3.05, 3.63) is 52.2 Å². The molecule has 0 unspecified atom stereocenters. The molecule has 0 aliphatic carbocycles. The molecule has 2 amide bonds. The molecule has 0 radical (unpaired) electrons. The summed E-state index contributed by atoms with van der Waals surface area (Å²) in [5.41, 5.74) is 0.393. The lowest BCUT2D eigenvalue weighted by atomic mass is 10.2. The minimum Gasteiger partial charge on any atom is -0.497 e. The first-order valence-electron chi connectivity index (χ1n) is 7.95. The average Bonchev–Trinajstić information content (AvgIpc) is 3.18. The first-order chi connectivity index (χ1) is 12.6. The summed E-state index contributed by atoms with van der Waals surface area (Å²) in [5, 5.41) is 7.08. The summed E-state index contributed by atoms with van der Waals surface area (Å²) in [6, 6.07) is 10.4. The minimum atomic E-state index is -0.680. The van der Waals surface area contributed by atoms with Gasteiger partial charge >= 0.3 is 5.97 Å². The molecule has 0 atom stereocenters. The van der Waals surface area contributed by atoms with E-state index in [9.17, 15) is 14.4 Å². The largest absolute Gasteiger partial charge is 0.497 e. The molecule has 0 aliphatic heterocycles. The van der Waals surface area contributed by atoms with Crippen molar-refractivity contribution in [3.63, 3.8) is 0 Å². The van der Waals surface area contributed by atoms with E-state index in [1.807, 2.05) is 17.5 Å². The Bertz CT molecular complexity index is 729. The van der Waals surface area contributed by atoms with Crippen molar-refractivity contribution in [2.24, 2.45) is 0 Å². The van der Waals surface area contributed by atoms with Gasteiger partial charge in [-0.05, 0) is 42.1 Å². The zero-order chi connectivity index (χ0) is 18.8. The van der Waals surface area contributed by atoms with Gasteiger partial charge in [0, 0.05) is 17.0 Å². The highest BCUT2D eigenvalue weighted by atomic mass is 32.1. The quantitative estimate of drug-likeness (QED) is 0.645. The third kappa shape index (κ3) is 6.56. The molecule has 7 nitrogen and oxygen atoms in total. The lowest BCUT2D eigenvalue weighted by Gasteiger charge is -2.08. The number of rotatable bonds is 9. The van der Waals surface area contributed by atoms with E-state index in [4.69, 9.17) is 9.47 Å². The predicted octanol–water partition coefficient (Wildman–Crippen LogP) is 1.39. The molecule has 26 heavy (non-hydrogen) atoms. The van der Waals surface area contributed by atoms with Gasteiger partial charge in [-0.3, -0.25) is 14.4 Å². The Morgan fingerprint density at radius 1 is 1.08 bits per heavy atom. The topological polar surface area (TPSA) is 93.7 Å². The lowest BCUT2D eigenvalue weighted by Crippen LogP contribution is -2.34. The molecule has 0 aliphatic rings. The average molecular weight is 376 g/mol. The molecular weight excluding hydrogens is 356 g/mol. The Morgan fingerprint density at radius 2 is 1.85 bits per heavy atom. The first kappa shape index (κ1) is 19.5. The molecule has 2 N–H and O–H groups in total. The van der Waals surface area contributed by atoms with Gasteiger partial charge in [0.05, 0.1) is 7.11 Å². The number of benzene rings is 1. The fourth-order valence-electron chi connectivity index (χ4n) is 2.02. The van der Waals surface area contributed by atoms with Crippen LogP contribution in [0.25, 0.3) is 0 Å². The van der Waals surface area contributed by atoms with Crippen LogP contribution in [0.5, 0.6) is 5.75 Å². The van der Waals surface area contributed by atoms with Gasteiger partial charge in [0.15, 0.2) is 6.61 Å². The van der Waals surface area contributed by atoms with Gasteiger partial charge in [-0.1, -0.05) is 6.07 Å². The number of amides is 2. The molecule has 0 saturated carbocycles. The Kier molecular flexibility index (Phi) is 7.63. The Balaban J connectivity index is 1.61. The van der Waals surface area contributed by atoms with E-state index in [0.29, 0.717) is 17.9 Å². The number of nitrogens with one attached hydrogen (secondary N) is 2. The number of esters is 1. The maximum Gasteiger partial charge on any atom is 0.325 e. The van der Waals surface area contributed by atoms with E-state index in [1.54, 1.807) is 35.6 Å². The monoisotopic (exact) mass is 376 g/mol. The van der Waals surface area contributed by atoms with Crippen LogP contribution in [0, 0.1) is 0 Å². The van der Waals surface area contributed by atoms with Crippen molar-refractivity contribution < 1.29 is 23.9 Å². The number of hydrogen-bond donors (Lipinski definition) is 2. The molecule has 2 rings (SSSR count). The van der Waals surface area contributed by atoms with Crippen molar-refractivity contribution in [2.45, 2.75) is 6.42 Å². The second-order valence-electron chi connectivity index (χ2n) is 5.25. The zero-order valence-corrected chi connectivity index (χ0v) is 15.1. The van der Waals surface area contributed by atoms with Crippen molar-refractivity contribution in [1.82, 2.24) is 10.6 Å². The number of ether oxygens (including phenoxy) is 2. The van der Waals surface area contributed by atoms with Crippen LogP contribution in [0.3, 0.4) is 0 Å². The van der Waals surface area contributed by atoms with Crippen LogP contribution in [0.1, 0.15) is 15.2 Å². The molecule has 0 spiro atoms. The van der Waals surface area contributed by atoms with Crippen LogP contribution >= 0.6 is 11.3 Å². The van der Waals surface area contributed by atoms with Crippen LogP contribution in [0.15, 0.2) is 41.8 Å². The van der Waals surface area contributed by atoms with Crippen molar-refractivity contribution in [3.8, 4) is 5.75 Å². The van der Waals surface area contributed by atoms with E-state index >= 15 is 0 Å². The fourth-order valence-corrected chi connectivity index (χ4v) is 2.73. The van der Waals surface area contributed by atoms with Crippen molar-refractivity contribution >= 4 is 29.1 Å². The van der Waals surface area contributed by atoms with Crippen LogP contribution in [0.4, 0.5) is 0 Å². The Labute approximate surface area is 155 Å². The van der Waals surface area contributed by atoms with E-state index in [1.165, 1.54) is 12.0 Å². The summed E-state index contributed by atoms with van der Waals surface area (Å²) in [6.45, 7) is -0.208. The number of methoxy groups -OCH3 is 1. The van der Waals surface area contributed by atoms with Crippen LogP contribution < -0.4 is 15.4 Å². The minimum absolute atomic E-state index is 0.312. The van der Waals surface area contributed by atoms with Crippen LogP contribution in [-0.2, 0) is 20.7 Å². The molecule has 138 valence electrons. The van der Waals surface area contributed by atoms with Crippen molar-refractivity contribution in [2.75, 3.05) is 26.8 Å². The van der Waals surface area contributed by atoms with Crippen LogP contribution in [-0.4, -0.2) is 44.6 Å². The van der Waals surface area contributed by atoms with E-state index in [0.717, 1.165) is 6.42 Å². The molecule has 1 aromatic carbocycles. The van der Waals surface area contributed by atoms with Gasteiger partial charge in [-0.15, -0.1) is 11.3 Å². The third-order valence-electron chi connectivity index (χ3n) is 3.38. The maximum atomic E-state index is 11.9. The Morgan fingerprint density at radius 3 is 2.50 bits per heavy atom. The predicted molar refractivity (Wildman–Crippen MR) is 97.3 cm³/mol. The van der Waals surface area contributed by atoms with Gasteiger partial charge < -0.3 is 20.1 Å². The highest BCUT2D eigenvalue weighted by Gasteiger charge is 2.11. The van der Waals surface area contributed by atoms with Crippen LogP contribution in [0.2, 0.25) is 0 Å². The molecule has 1 heterocycles. The number of carbonyl (C=O) groups excluding carboxylic acids is 3. The molecule has 8 heteroatoms. The Hall–Kier alpha value is -2.87. The number of hydrogen-bond acceptors (Lipinski definition) is 6. The molecule has 1 aromatic heterocycles. The summed E-state index contributed by atoms with van der Waals surface area (Å²) in [6.07, 6.45) is 0.731. The second-order valence-corrected chi connectivity index (χ2v) is 6.28. The zero-order valence-electron chi connectivity index (χ0n) is 14.3. The standard InChI is InChI=1S/C18H20N2O5S/c1-24-14-6-4-13(5-7-14)18(23)20-11-17(22)25-12-16(21)19-9-8-15-3-2-10-26-15/h2-7,10H,8-9,11-12H2,1H3,(H,19,21)(H,20,23). The molecule has 0 bridgehead atoms. The van der Waals surface area contributed by atoms with Gasteiger partial charge in [0.25, 0.3) is 11.8 Å². The second kappa shape index (κ2) is 10.2. The third-order valence-corrected chi connectivity index (χ3v) is 4.32. The fraction of sp³-hybridized carbons (Fsp3) is 0.278. The van der Waals surface area contributed by atoms with Gasteiger partial charge in [0.2, 0.25) is 0 Å². The van der Waals surface area contributed by atoms with E-state index in [-0.39, 0.29) is 19.1 Å². The van der Waals surface area contributed by atoms with E-state index in [2.05, 4.69) is 10.6 Å². The normalized spacial score (nSPS) is 10.0. The summed E-state index contributed by atoms with van der Waals surface area (Å²) in [5.74, 6) is -0.840. The smallest absolute Gasteiger partial charge is 0.325 e. The van der Waals surface area contributed by atoms with Crippen molar-refractivity contribution in [1.29, 1.82) is 0 Å². The first-order valence-corrected chi connectivity index (χ1v) is 8.83. The van der Waals surface area contributed by atoms with Gasteiger partial charge in [-0.2, -0.15) is 0 Å². The molecule has 0 saturated heterocycles. The lowest BCUT2D eigenvalue weighted by molar-refractivity contribution is -0.147. The summed E-state index contributed by atoms with van der Waals surface area (Å²) in [7, 11) is 1.53.